The quantitative estimate of drug-likeness (QED) is 0.838. The Hall–Kier alpha value is -0.710. The van der Waals surface area contributed by atoms with Gasteiger partial charge in [0.2, 0.25) is 0 Å². The zero-order chi connectivity index (χ0) is 13.7. The number of rotatable bonds is 6. The molecule has 0 spiro atoms. The van der Waals surface area contributed by atoms with Gasteiger partial charge in [-0.2, -0.15) is 0 Å². The number of halogens is 1. The summed E-state index contributed by atoms with van der Waals surface area (Å²) < 4.78 is 1.03. The lowest BCUT2D eigenvalue weighted by molar-refractivity contribution is 0.530. The maximum absolute atomic E-state index is 4.48. The van der Waals surface area contributed by atoms with Crippen molar-refractivity contribution < 1.29 is 0 Å². The number of aryl methyl sites for hydroxylation is 1. The first-order valence-corrected chi connectivity index (χ1v) is 8.25. The average Bonchev–Trinajstić information content (AvgIpc) is 2.83. The molecule has 2 heterocycles. The van der Waals surface area contributed by atoms with Gasteiger partial charge in [-0.15, -0.1) is 11.3 Å². The van der Waals surface area contributed by atoms with Crippen LogP contribution in [-0.4, -0.2) is 11.5 Å². The highest BCUT2D eigenvalue weighted by atomic mass is 79.9. The van der Waals surface area contributed by atoms with Gasteiger partial charge in [-0.1, -0.05) is 6.92 Å². The highest BCUT2D eigenvalue weighted by molar-refractivity contribution is 9.10. The molecule has 0 saturated carbocycles. The molecule has 2 aromatic rings. The van der Waals surface area contributed by atoms with Gasteiger partial charge in [0, 0.05) is 33.7 Å². The molecule has 0 amide bonds. The van der Waals surface area contributed by atoms with Crippen LogP contribution in [0.25, 0.3) is 0 Å². The van der Waals surface area contributed by atoms with Gasteiger partial charge in [-0.25, -0.2) is 0 Å². The lowest BCUT2D eigenvalue weighted by atomic mass is 10.1. The Morgan fingerprint density at radius 3 is 2.79 bits per heavy atom. The van der Waals surface area contributed by atoms with Gasteiger partial charge in [0.25, 0.3) is 0 Å². The Kier molecular flexibility index (Phi) is 5.55. The van der Waals surface area contributed by atoms with E-state index in [4.69, 9.17) is 0 Å². The fourth-order valence-corrected chi connectivity index (χ4v) is 3.29. The number of nitrogens with zero attached hydrogens (tertiary/aromatic N) is 1. The fourth-order valence-electron chi connectivity index (χ4n) is 2.05. The Balaban J connectivity index is 2.14. The monoisotopic (exact) mass is 338 g/mol. The van der Waals surface area contributed by atoms with Gasteiger partial charge in [-0.05, 0) is 65.0 Å². The van der Waals surface area contributed by atoms with Crippen molar-refractivity contribution in [3.05, 3.63) is 50.4 Å². The second kappa shape index (κ2) is 7.17. The van der Waals surface area contributed by atoms with Crippen LogP contribution in [0.2, 0.25) is 0 Å². The first kappa shape index (κ1) is 14.7. The predicted octanol–water partition coefficient (Wildman–Crippen LogP) is 4.50. The first-order chi connectivity index (χ1) is 9.20. The van der Waals surface area contributed by atoms with Crippen molar-refractivity contribution >= 4 is 27.3 Å². The van der Waals surface area contributed by atoms with Crippen LogP contribution < -0.4 is 5.32 Å². The molecule has 0 radical (unpaired) electrons. The summed E-state index contributed by atoms with van der Waals surface area (Å²) >= 11 is 5.26. The zero-order valence-electron chi connectivity index (χ0n) is 11.3. The molecule has 0 aliphatic heterocycles. The van der Waals surface area contributed by atoms with E-state index in [0.29, 0.717) is 6.04 Å². The Morgan fingerprint density at radius 2 is 2.21 bits per heavy atom. The van der Waals surface area contributed by atoms with Crippen molar-refractivity contribution in [1.82, 2.24) is 10.3 Å². The summed E-state index contributed by atoms with van der Waals surface area (Å²) in [5, 5.41) is 5.80. The molecule has 0 aliphatic carbocycles. The molecule has 0 saturated heterocycles. The third-order valence-corrected chi connectivity index (χ3v) is 4.66. The molecule has 4 heteroatoms. The molecule has 2 nitrogen and oxygen atoms in total. The summed E-state index contributed by atoms with van der Waals surface area (Å²) in [6.07, 6.45) is 3.96. The predicted molar refractivity (Wildman–Crippen MR) is 85.7 cm³/mol. The van der Waals surface area contributed by atoms with Crippen LogP contribution >= 0.6 is 27.3 Å². The lowest BCUT2D eigenvalue weighted by Gasteiger charge is -2.18. The second-order valence-corrected chi connectivity index (χ2v) is 6.51. The highest BCUT2D eigenvalue weighted by Crippen LogP contribution is 2.26. The van der Waals surface area contributed by atoms with Crippen molar-refractivity contribution in [3.63, 3.8) is 0 Å². The summed E-state index contributed by atoms with van der Waals surface area (Å²) in [4.78, 5) is 5.91. The van der Waals surface area contributed by atoms with E-state index in [2.05, 4.69) is 63.7 Å². The molecule has 1 unspecified atom stereocenters. The summed E-state index contributed by atoms with van der Waals surface area (Å²) in [6.45, 7) is 5.42. The Labute approximate surface area is 127 Å². The molecular formula is C15H19BrN2S. The third-order valence-electron chi connectivity index (χ3n) is 3.06. The van der Waals surface area contributed by atoms with E-state index in [-0.39, 0.29) is 0 Å². The molecule has 0 aliphatic rings. The standard InChI is InChI=1S/C15H19BrN2S/c1-3-7-17-14(15-11(2)6-8-19-15)9-13-5-4-12(16)10-18-13/h4-6,8,10,14,17H,3,7,9H2,1-2H3. The van der Waals surface area contributed by atoms with Gasteiger partial charge >= 0.3 is 0 Å². The Morgan fingerprint density at radius 1 is 1.37 bits per heavy atom. The third kappa shape index (κ3) is 4.13. The number of nitrogens with one attached hydrogen (secondary N) is 1. The van der Waals surface area contributed by atoms with Crippen LogP contribution in [0, 0.1) is 6.92 Å². The maximum Gasteiger partial charge on any atom is 0.0473 e. The number of aromatic nitrogens is 1. The van der Waals surface area contributed by atoms with Crippen LogP contribution in [0.3, 0.4) is 0 Å². The van der Waals surface area contributed by atoms with E-state index in [1.54, 1.807) is 0 Å². The number of thiophene rings is 1. The zero-order valence-corrected chi connectivity index (χ0v) is 13.7. The van der Waals surface area contributed by atoms with Crippen molar-refractivity contribution in [3.8, 4) is 0 Å². The van der Waals surface area contributed by atoms with Crippen LogP contribution in [0.15, 0.2) is 34.2 Å². The summed E-state index contributed by atoms with van der Waals surface area (Å²) in [5.41, 5.74) is 2.50. The van der Waals surface area contributed by atoms with Gasteiger partial charge in [0.05, 0.1) is 0 Å². The van der Waals surface area contributed by atoms with E-state index < -0.39 is 0 Å². The Bertz CT molecular complexity index is 507. The van der Waals surface area contributed by atoms with Crippen molar-refractivity contribution in [2.24, 2.45) is 0 Å². The van der Waals surface area contributed by atoms with Crippen molar-refractivity contribution in [1.29, 1.82) is 0 Å². The smallest absolute Gasteiger partial charge is 0.0473 e. The highest BCUT2D eigenvalue weighted by Gasteiger charge is 2.15. The van der Waals surface area contributed by atoms with Gasteiger partial charge in [-0.3, -0.25) is 4.98 Å². The van der Waals surface area contributed by atoms with E-state index in [1.807, 2.05) is 17.5 Å². The van der Waals surface area contributed by atoms with Crippen molar-refractivity contribution in [2.75, 3.05) is 6.54 Å². The molecule has 2 rings (SSSR count). The van der Waals surface area contributed by atoms with E-state index >= 15 is 0 Å². The largest absolute Gasteiger partial charge is 0.309 e. The molecule has 0 bridgehead atoms. The van der Waals surface area contributed by atoms with Gasteiger partial charge in [0.1, 0.15) is 0 Å². The minimum atomic E-state index is 0.369. The van der Waals surface area contributed by atoms with E-state index in [0.717, 1.165) is 29.6 Å². The van der Waals surface area contributed by atoms with Crippen LogP contribution in [0.5, 0.6) is 0 Å². The molecule has 1 atom stereocenters. The average molecular weight is 339 g/mol. The van der Waals surface area contributed by atoms with Gasteiger partial charge < -0.3 is 5.32 Å². The number of pyridine rings is 1. The number of hydrogen-bond acceptors (Lipinski definition) is 3. The van der Waals surface area contributed by atoms with Crippen LogP contribution in [-0.2, 0) is 6.42 Å². The van der Waals surface area contributed by atoms with Gasteiger partial charge in [0.15, 0.2) is 0 Å². The van der Waals surface area contributed by atoms with Crippen molar-refractivity contribution in [2.45, 2.75) is 32.7 Å². The lowest BCUT2D eigenvalue weighted by Crippen LogP contribution is -2.24. The minimum Gasteiger partial charge on any atom is -0.309 e. The topological polar surface area (TPSA) is 24.9 Å². The SMILES string of the molecule is CCCNC(Cc1ccc(Br)cn1)c1sccc1C. The van der Waals surface area contributed by atoms with E-state index in [9.17, 15) is 0 Å². The molecule has 19 heavy (non-hydrogen) atoms. The minimum absolute atomic E-state index is 0.369. The molecule has 0 aromatic carbocycles. The first-order valence-electron chi connectivity index (χ1n) is 6.58. The summed E-state index contributed by atoms with van der Waals surface area (Å²) in [5.74, 6) is 0. The molecule has 0 fully saturated rings. The molecular weight excluding hydrogens is 320 g/mol. The molecule has 1 N–H and O–H groups in total. The van der Waals surface area contributed by atoms with E-state index in [1.165, 1.54) is 10.4 Å². The number of hydrogen-bond donors (Lipinski definition) is 1. The summed E-state index contributed by atoms with van der Waals surface area (Å²) in [7, 11) is 0. The second-order valence-electron chi connectivity index (χ2n) is 4.65. The fraction of sp³-hybridized carbons (Fsp3) is 0.400. The molecule has 2 aromatic heterocycles. The van der Waals surface area contributed by atoms with Crippen LogP contribution in [0.1, 0.15) is 35.5 Å². The maximum atomic E-state index is 4.48. The normalized spacial score (nSPS) is 12.6. The molecule has 102 valence electrons. The summed E-state index contributed by atoms with van der Waals surface area (Å²) in [6, 6.07) is 6.71. The van der Waals surface area contributed by atoms with Crippen LogP contribution in [0.4, 0.5) is 0 Å².